The SMILES string of the molecule is COC(=O)[C@@H]1CC[C@@H]2[C@@H]3CC[C@H]4CCCC[C@]4(C)[C@@H]3CC[C@]21C. The van der Waals surface area contributed by atoms with Crippen LogP contribution in [0.5, 0.6) is 0 Å². The molecule has 0 aliphatic heterocycles. The second-order valence-corrected chi connectivity index (χ2v) is 9.60. The van der Waals surface area contributed by atoms with Crippen LogP contribution in [0.3, 0.4) is 0 Å². The molecule has 130 valence electrons. The van der Waals surface area contributed by atoms with Gasteiger partial charge in [-0.15, -0.1) is 0 Å². The highest BCUT2D eigenvalue weighted by Gasteiger charge is 2.61. The van der Waals surface area contributed by atoms with Gasteiger partial charge in [0, 0.05) is 0 Å². The lowest BCUT2D eigenvalue weighted by Gasteiger charge is -2.60. The van der Waals surface area contributed by atoms with Crippen molar-refractivity contribution in [2.45, 2.75) is 78.1 Å². The van der Waals surface area contributed by atoms with Crippen LogP contribution in [-0.2, 0) is 9.53 Å². The largest absolute Gasteiger partial charge is 0.469 e. The number of esters is 1. The van der Waals surface area contributed by atoms with E-state index in [-0.39, 0.29) is 17.3 Å². The van der Waals surface area contributed by atoms with Gasteiger partial charge in [0.2, 0.25) is 0 Å². The molecule has 2 heteroatoms. The normalized spacial score (nSPS) is 52.2. The average molecular weight is 319 g/mol. The first-order valence-electron chi connectivity index (χ1n) is 10.1. The van der Waals surface area contributed by atoms with Crippen molar-refractivity contribution < 1.29 is 9.53 Å². The molecule has 0 spiro atoms. The van der Waals surface area contributed by atoms with Gasteiger partial charge in [-0.2, -0.15) is 0 Å². The summed E-state index contributed by atoms with van der Waals surface area (Å²) in [6.07, 6.45) is 13.7. The first-order valence-corrected chi connectivity index (χ1v) is 10.1. The predicted octanol–water partition coefficient (Wildman–Crippen LogP) is 5.21. The first-order chi connectivity index (χ1) is 11.0. The number of hydrogen-bond acceptors (Lipinski definition) is 2. The fourth-order valence-electron chi connectivity index (χ4n) is 7.82. The van der Waals surface area contributed by atoms with Crippen molar-refractivity contribution in [1.29, 1.82) is 0 Å². The maximum atomic E-state index is 12.3. The fraction of sp³-hybridized carbons (Fsp3) is 0.952. The topological polar surface area (TPSA) is 26.3 Å². The first kappa shape index (κ1) is 16.0. The van der Waals surface area contributed by atoms with E-state index in [9.17, 15) is 4.79 Å². The Labute approximate surface area is 141 Å². The van der Waals surface area contributed by atoms with Crippen molar-refractivity contribution in [2.75, 3.05) is 7.11 Å². The zero-order chi connectivity index (χ0) is 16.2. The highest BCUT2D eigenvalue weighted by atomic mass is 16.5. The Hall–Kier alpha value is -0.530. The van der Waals surface area contributed by atoms with Gasteiger partial charge >= 0.3 is 5.97 Å². The van der Waals surface area contributed by atoms with E-state index in [1.54, 1.807) is 7.11 Å². The number of rotatable bonds is 1. The number of carbonyl (C=O) groups excluding carboxylic acids is 1. The highest BCUT2D eigenvalue weighted by Crippen LogP contribution is 2.67. The molecule has 4 aliphatic carbocycles. The standard InChI is InChI=1S/C21H34O2/c1-20-12-5-4-6-14(20)7-8-15-16-9-10-18(19(22)23-3)21(16,2)13-11-17(15)20/h14-18H,4-13H2,1-3H3/t14-,15+,16-,17-,18+,20+,21-/m1/s1. The summed E-state index contributed by atoms with van der Waals surface area (Å²) in [5.74, 6) is 3.78. The molecule has 4 fully saturated rings. The average Bonchev–Trinajstić information content (AvgIpc) is 2.91. The number of fused-ring (bicyclic) bond motifs is 5. The summed E-state index contributed by atoms with van der Waals surface area (Å²) in [5.41, 5.74) is 0.817. The summed E-state index contributed by atoms with van der Waals surface area (Å²) in [4.78, 5) is 12.3. The van der Waals surface area contributed by atoms with Crippen molar-refractivity contribution in [1.82, 2.24) is 0 Å². The van der Waals surface area contributed by atoms with E-state index in [2.05, 4.69) is 13.8 Å². The molecule has 0 bridgehead atoms. The molecule has 0 unspecified atom stereocenters. The third-order valence-electron chi connectivity index (χ3n) is 9.07. The molecule has 23 heavy (non-hydrogen) atoms. The highest BCUT2D eigenvalue weighted by molar-refractivity contribution is 5.73. The maximum absolute atomic E-state index is 12.3. The molecule has 0 N–H and O–H groups in total. The van der Waals surface area contributed by atoms with Crippen LogP contribution in [0.1, 0.15) is 78.1 Å². The van der Waals surface area contributed by atoms with Crippen LogP contribution >= 0.6 is 0 Å². The Balaban J connectivity index is 1.61. The van der Waals surface area contributed by atoms with Gasteiger partial charge in [0.25, 0.3) is 0 Å². The summed E-state index contributed by atoms with van der Waals surface area (Å²) in [7, 11) is 1.57. The van der Waals surface area contributed by atoms with Gasteiger partial charge in [-0.1, -0.05) is 26.7 Å². The molecular formula is C21H34O2. The molecule has 0 aromatic rings. The smallest absolute Gasteiger partial charge is 0.309 e. The second-order valence-electron chi connectivity index (χ2n) is 9.60. The molecule has 0 radical (unpaired) electrons. The van der Waals surface area contributed by atoms with E-state index in [1.165, 1.54) is 57.8 Å². The summed E-state index contributed by atoms with van der Waals surface area (Å²) in [6.45, 7) is 5.04. The molecule has 0 saturated heterocycles. The zero-order valence-corrected chi connectivity index (χ0v) is 15.3. The zero-order valence-electron chi connectivity index (χ0n) is 15.3. The molecule has 0 heterocycles. The van der Waals surface area contributed by atoms with Crippen LogP contribution in [0, 0.1) is 40.4 Å². The minimum absolute atomic E-state index is 0.0611. The summed E-state index contributed by atoms with van der Waals surface area (Å²) in [5, 5.41) is 0. The van der Waals surface area contributed by atoms with Gasteiger partial charge in [-0.25, -0.2) is 0 Å². The Morgan fingerprint density at radius 1 is 0.870 bits per heavy atom. The molecule has 0 amide bonds. The van der Waals surface area contributed by atoms with Gasteiger partial charge in [0.05, 0.1) is 13.0 Å². The molecule has 4 rings (SSSR count). The van der Waals surface area contributed by atoms with Gasteiger partial charge in [-0.3, -0.25) is 4.79 Å². The quantitative estimate of drug-likeness (QED) is 0.620. The monoisotopic (exact) mass is 318 g/mol. The minimum atomic E-state index is 0.0611. The third kappa shape index (κ3) is 2.15. The van der Waals surface area contributed by atoms with Crippen molar-refractivity contribution in [3.05, 3.63) is 0 Å². The Bertz CT molecular complexity index is 486. The predicted molar refractivity (Wildman–Crippen MR) is 91.9 cm³/mol. The van der Waals surface area contributed by atoms with Crippen LogP contribution in [-0.4, -0.2) is 13.1 Å². The number of hydrogen-bond donors (Lipinski definition) is 0. The van der Waals surface area contributed by atoms with Crippen LogP contribution in [0.15, 0.2) is 0 Å². The number of carbonyl (C=O) groups is 1. The Morgan fingerprint density at radius 2 is 1.65 bits per heavy atom. The van der Waals surface area contributed by atoms with E-state index in [0.717, 1.165) is 30.1 Å². The van der Waals surface area contributed by atoms with E-state index in [4.69, 9.17) is 4.74 Å². The minimum Gasteiger partial charge on any atom is -0.469 e. The summed E-state index contributed by atoms with van der Waals surface area (Å²) >= 11 is 0. The van der Waals surface area contributed by atoms with Crippen LogP contribution < -0.4 is 0 Å². The van der Waals surface area contributed by atoms with Crippen molar-refractivity contribution in [3.8, 4) is 0 Å². The number of methoxy groups -OCH3 is 1. The van der Waals surface area contributed by atoms with E-state index >= 15 is 0 Å². The van der Waals surface area contributed by atoms with E-state index in [0.29, 0.717) is 5.41 Å². The van der Waals surface area contributed by atoms with Crippen LogP contribution in [0.25, 0.3) is 0 Å². The molecule has 2 nitrogen and oxygen atoms in total. The van der Waals surface area contributed by atoms with Gasteiger partial charge in [0.15, 0.2) is 0 Å². The molecule has 4 aliphatic rings. The van der Waals surface area contributed by atoms with E-state index < -0.39 is 0 Å². The summed E-state index contributed by atoms with van der Waals surface area (Å²) < 4.78 is 5.15. The Morgan fingerprint density at radius 3 is 2.43 bits per heavy atom. The van der Waals surface area contributed by atoms with Gasteiger partial charge in [0.1, 0.15) is 0 Å². The molecular weight excluding hydrogens is 284 g/mol. The molecule has 4 saturated carbocycles. The lowest BCUT2D eigenvalue weighted by molar-refractivity contribution is -0.155. The molecule has 0 aromatic heterocycles. The summed E-state index contributed by atoms with van der Waals surface area (Å²) in [6, 6.07) is 0. The Kier molecular flexibility index (Phi) is 3.81. The van der Waals surface area contributed by atoms with Gasteiger partial charge in [-0.05, 0) is 85.9 Å². The third-order valence-corrected chi connectivity index (χ3v) is 9.07. The van der Waals surface area contributed by atoms with Crippen molar-refractivity contribution in [2.24, 2.45) is 40.4 Å². The van der Waals surface area contributed by atoms with Gasteiger partial charge < -0.3 is 4.74 Å². The lowest BCUT2D eigenvalue weighted by Crippen LogP contribution is -2.53. The van der Waals surface area contributed by atoms with Crippen molar-refractivity contribution >= 4 is 5.97 Å². The van der Waals surface area contributed by atoms with Crippen LogP contribution in [0.4, 0.5) is 0 Å². The maximum Gasteiger partial charge on any atom is 0.309 e. The molecule has 7 atom stereocenters. The second kappa shape index (κ2) is 5.49. The number of ether oxygens (including phenoxy) is 1. The van der Waals surface area contributed by atoms with Crippen LogP contribution in [0.2, 0.25) is 0 Å². The fourth-order valence-corrected chi connectivity index (χ4v) is 7.82. The van der Waals surface area contributed by atoms with Crippen molar-refractivity contribution in [3.63, 3.8) is 0 Å². The van der Waals surface area contributed by atoms with E-state index in [1.807, 2.05) is 0 Å². The lowest BCUT2D eigenvalue weighted by atomic mass is 9.45. The molecule has 0 aromatic carbocycles.